The van der Waals surface area contributed by atoms with Crippen molar-refractivity contribution < 1.29 is 23.8 Å². The van der Waals surface area contributed by atoms with Gasteiger partial charge in [-0.2, -0.15) is 5.10 Å². The first-order valence-electron chi connectivity index (χ1n) is 10.9. The summed E-state index contributed by atoms with van der Waals surface area (Å²) in [5.74, 6) is 1.12. The summed E-state index contributed by atoms with van der Waals surface area (Å²) in [6.07, 6.45) is 0.573. The molecule has 7 heteroatoms. The van der Waals surface area contributed by atoms with Gasteiger partial charge in [-0.25, -0.2) is 5.01 Å². The number of ketones is 1. The Labute approximate surface area is 198 Å². The lowest BCUT2D eigenvalue weighted by molar-refractivity contribution is -0.135. The topological polar surface area (TPSA) is 77.4 Å². The highest BCUT2D eigenvalue weighted by Gasteiger charge is 2.33. The molecule has 1 amide bonds. The molecule has 0 spiro atoms. The third-order valence-corrected chi connectivity index (χ3v) is 5.69. The summed E-state index contributed by atoms with van der Waals surface area (Å²) in [6.45, 7) is 1.19. The molecule has 1 unspecified atom stereocenters. The first-order chi connectivity index (χ1) is 16.5. The minimum Gasteiger partial charge on any atom is -0.497 e. The van der Waals surface area contributed by atoms with Crippen LogP contribution in [0.4, 0.5) is 0 Å². The Kier molecular flexibility index (Phi) is 6.92. The van der Waals surface area contributed by atoms with Crippen LogP contribution in [0.25, 0.3) is 0 Å². The molecule has 1 atom stereocenters. The van der Waals surface area contributed by atoms with E-state index in [-0.39, 0.29) is 24.3 Å². The first-order valence-corrected chi connectivity index (χ1v) is 10.9. The number of rotatable bonds is 8. The van der Waals surface area contributed by atoms with Crippen LogP contribution >= 0.6 is 0 Å². The standard InChI is InChI=1S/C27H26N2O5/c1-18(30)23-15-22(33-3)13-14-26(23)34-17-27(31)29-25(20-9-11-21(32-2)12-10-20)16-24(28-29)19-7-5-4-6-8-19/h4-15,25H,16-17H2,1-3H3. The van der Waals surface area contributed by atoms with Crippen LogP contribution in [0, 0.1) is 0 Å². The molecule has 4 rings (SSSR count). The molecule has 0 bridgehead atoms. The molecule has 3 aromatic rings. The number of Topliss-reactive ketones (excluding diaryl/α,β-unsaturated/α-hetero) is 1. The van der Waals surface area contributed by atoms with Crippen LogP contribution in [0.5, 0.6) is 17.2 Å². The second-order valence-corrected chi connectivity index (χ2v) is 7.85. The number of carbonyl (C=O) groups excluding carboxylic acids is 2. The fourth-order valence-electron chi connectivity index (χ4n) is 3.87. The predicted octanol–water partition coefficient (Wildman–Crippen LogP) is 4.66. The average Bonchev–Trinajstić information content (AvgIpc) is 3.33. The Morgan fingerprint density at radius 1 is 0.941 bits per heavy atom. The molecular formula is C27H26N2O5. The van der Waals surface area contributed by atoms with E-state index in [0.29, 0.717) is 23.5 Å². The number of hydrogen-bond acceptors (Lipinski definition) is 6. The molecule has 0 saturated heterocycles. The summed E-state index contributed by atoms with van der Waals surface area (Å²) >= 11 is 0. The van der Waals surface area contributed by atoms with Gasteiger partial charge in [-0.15, -0.1) is 0 Å². The number of ether oxygens (including phenoxy) is 3. The lowest BCUT2D eigenvalue weighted by atomic mass is 9.98. The Hall–Kier alpha value is -4.13. The summed E-state index contributed by atoms with van der Waals surface area (Å²) in [5.41, 5.74) is 3.08. The van der Waals surface area contributed by atoms with Gasteiger partial charge in [-0.3, -0.25) is 9.59 Å². The zero-order chi connectivity index (χ0) is 24.1. The van der Waals surface area contributed by atoms with E-state index in [2.05, 4.69) is 5.10 Å². The van der Waals surface area contributed by atoms with Crippen molar-refractivity contribution in [3.8, 4) is 17.2 Å². The van der Waals surface area contributed by atoms with Crippen molar-refractivity contribution in [3.63, 3.8) is 0 Å². The van der Waals surface area contributed by atoms with Gasteiger partial charge in [-0.05, 0) is 48.4 Å². The summed E-state index contributed by atoms with van der Waals surface area (Å²) in [6, 6.07) is 22.0. The van der Waals surface area contributed by atoms with E-state index in [9.17, 15) is 9.59 Å². The summed E-state index contributed by atoms with van der Waals surface area (Å²) < 4.78 is 16.2. The molecule has 3 aromatic carbocycles. The van der Waals surface area contributed by atoms with E-state index in [1.165, 1.54) is 19.0 Å². The van der Waals surface area contributed by atoms with Gasteiger partial charge in [0.15, 0.2) is 12.4 Å². The largest absolute Gasteiger partial charge is 0.497 e. The van der Waals surface area contributed by atoms with Gasteiger partial charge in [0.2, 0.25) is 0 Å². The molecule has 7 nitrogen and oxygen atoms in total. The lowest BCUT2D eigenvalue weighted by Crippen LogP contribution is -2.31. The number of methoxy groups -OCH3 is 2. The van der Waals surface area contributed by atoms with Gasteiger partial charge in [0, 0.05) is 6.42 Å². The van der Waals surface area contributed by atoms with Crippen molar-refractivity contribution in [1.29, 1.82) is 0 Å². The zero-order valence-corrected chi connectivity index (χ0v) is 19.4. The zero-order valence-electron chi connectivity index (χ0n) is 19.4. The second kappa shape index (κ2) is 10.2. The van der Waals surface area contributed by atoms with Crippen LogP contribution in [-0.2, 0) is 4.79 Å². The van der Waals surface area contributed by atoms with Crippen molar-refractivity contribution in [2.45, 2.75) is 19.4 Å². The fourth-order valence-corrected chi connectivity index (χ4v) is 3.87. The Balaban J connectivity index is 1.58. The minimum absolute atomic E-state index is 0.178. The summed E-state index contributed by atoms with van der Waals surface area (Å²) in [4.78, 5) is 25.3. The third-order valence-electron chi connectivity index (χ3n) is 5.69. The Morgan fingerprint density at radius 3 is 2.26 bits per heavy atom. The second-order valence-electron chi connectivity index (χ2n) is 7.85. The van der Waals surface area contributed by atoms with E-state index in [0.717, 1.165) is 22.6 Å². The summed E-state index contributed by atoms with van der Waals surface area (Å²) in [5, 5.41) is 6.13. The molecule has 1 aliphatic heterocycles. The minimum atomic E-state index is -0.308. The SMILES string of the molecule is COc1ccc(C2CC(c3ccccc3)=NN2C(=O)COc2ccc(OC)cc2C(C)=O)cc1. The van der Waals surface area contributed by atoms with E-state index in [1.54, 1.807) is 25.3 Å². The maximum Gasteiger partial charge on any atom is 0.281 e. The van der Waals surface area contributed by atoms with Crippen molar-refractivity contribution in [1.82, 2.24) is 5.01 Å². The van der Waals surface area contributed by atoms with Crippen molar-refractivity contribution in [2.75, 3.05) is 20.8 Å². The van der Waals surface area contributed by atoms with Crippen LogP contribution in [-0.4, -0.2) is 43.2 Å². The number of carbonyl (C=O) groups is 2. The van der Waals surface area contributed by atoms with Crippen LogP contribution in [0.3, 0.4) is 0 Å². The van der Waals surface area contributed by atoms with Crippen molar-refractivity contribution >= 4 is 17.4 Å². The highest BCUT2D eigenvalue weighted by atomic mass is 16.5. The molecule has 0 aromatic heterocycles. The Bertz CT molecular complexity index is 1210. The third kappa shape index (κ3) is 4.93. The highest BCUT2D eigenvalue weighted by Crippen LogP contribution is 2.34. The van der Waals surface area contributed by atoms with Crippen LogP contribution < -0.4 is 14.2 Å². The van der Waals surface area contributed by atoms with Gasteiger partial charge in [0.1, 0.15) is 17.2 Å². The number of hydrazone groups is 1. The van der Waals surface area contributed by atoms with Gasteiger partial charge >= 0.3 is 0 Å². The average molecular weight is 459 g/mol. The van der Waals surface area contributed by atoms with E-state index in [1.807, 2.05) is 54.6 Å². The number of nitrogens with zero attached hydrogens (tertiary/aromatic N) is 2. The maximum absolute atomic E-state index is 13.3. The molecule has 1 aliphatic rings. The normalized spacial score (nSPS) is 15.0. The fraction of sp³-hybridized carbons (Fsp3) is 0.222. The van der Waals surface area contributed by atoms with Crippen LogP contribution in [0.1, 0.15) is 40.9 Å². The molecule has 0 aliphatic carbocycles. The number of benzene rings is 3. The molecule has 0 saturated carbocycles. The molecule has 34 heavy (non-hydrogen) atoms. The van der Waals surface area contributed by atoms with Gasteiger partial charge < -0.3 is 14.2 Å². The highest BCUT2D eigenvalue weighted by molar-refractivity contribution is 6.03. The predicted molar refractivity (Wildman–Crippen MR) is 129 cm³/mol. The molecule has 0 N–H and O–H groups in total. The summed E-state index contributed by atoms with van der Waals surface area (Å²) in [7, 11) is 3.14. The van der Waals surface area contributed by atoms with Crippen molar-refractivity contribution in [3.05, 3.63) is 89.5 Å². The molecule has 0 fully saturated rings. The smallest absolute Gasteiger partial charge is 0.281 e. The molecule has 174 valence electrons. The number of hydrogen-bond donors (Lipinski definition) is 0. The first kappa shape index (κ1) is 23.0. The van der Waals surface area contributed by atoms with E-state index >= 15 is 0 Å². The van der Waals surface area contributed by atoms with Gasteiger partial charge in [-0.1, -0.05) is 42.5 Å². The molecular weight excluding hydrogens is 432 g/mol. The maximum atomic E-state index is 13.3. The van der Waals surface area contributed by atoms with Crippen molar-refractivity contribution in [2.24, 2.45) is 5.10 Å². The van der Waals surface area contributed by atoms with Crippen LogP contribution in [0.2, 0.25) is 0 Å². The lowest BCUT2D eigenvalue weighted by Gasteiger charge is -2.22. The van der Waals surface area contributed by atoms with Gasteiger partial charge in [0.25, 0.3) is 5.91 Å². The number of amides is 1. The molecule has 0 radical (unpaired) electrons. The molecule has 1 heterocycles. The Morgan fingerprint density at radius 2 is 1.62 bits per heavy atom. The monoisotopic (exact) mass is 458 g/mol. The van der Waals surface area contributed by atoms with E-state index in [4.69, 9.17) is 14.2 Å². The quantitative estimate of drug-likeness (QED) is 0.459. The van der Waals surface area contributed by atoms with Crippen LogP contribution in [0.15, 0.2) is 77.9 Å². The van der Waals surface area contributed by atoms with Gasteiger partial charge in [0.05, 0.1) is 31.5 Å². The van der Waals surface area contributed by atoms with E-state index < -0.39 is 0 Å².